The second kappa shape index (κ2) is 10.8. The van der Waals surface area contributed by atoms with E-state index < -0.39 is 10.0 Å². The topological polar surface area (TPSA) is 81.2 Å². The Kier molecular flexibility index (Phi) is 7.36. The Hall–Kier alpha value is -3.71. The van der Waals surface area contributed by atoms with E-state index >= 15 is 0 Å². The van der Waals surface area contributed by atoms with Gasteiger partial charge in [0.15, 0.2) is 0 Å². The minimum absolute atomic E-state index is 0.00196. The van der Waals surface area contributed by atoms with E-state index in [-0.39, 0.29) is 34.2 Å². The molecule has 2 heterocycles. The van der Waals surface area contributed by atoms with Gasteiger partial charge in [0.2, 0.25) is 11.8 Å². The second-order valence-electron chi connectivity index (χ2n) is 13.7. The van der Waals surface area contributed by atoms with Gasteiger partial charge in [0.05, 0.1) is 10.6 Å². The number of fused-ring (bicyclic) bond motifs is 9. The standard InChI is InChI=1S/C36H41N3O3S/c1-21(2)16-30-29-19-25-17-26(36(5,6)7)14-15-28(25)34(30)42-32-20-31(33-22(3)10-8-11-23(33)4)37-35(38-32)39-43(40,41)27-13-9-12-24(29)18-27/h8-15,17-18,20-21,29-30,34H,16,19H2,1-7H3,(H,37,38,39)/t29?,30-,34-/m0/s1. The van der Waals surface area contributed by atoms with Crippen molar-refractivity contribution in [3.63, 3.8) is 0 Å². The zero-order chi connectivity index (χ0) is 30.7. The molecule has 224 valence electrons. The highest BCUT2D eigenvalue weighted by molar-refractivity contribution is 7.92. The molecule has 0 amide bonds. The quantitative estimate of drug-likeness (QED) is 0.258. The average Bonchev–Trinajstić information content (AvgIpc) is 2.92. The maximum absolute atomic E-state index is 13.7. The Morgan fingerprint density at radius 3 is 2.37 bits per heavy atom. The molecule has 1 N–H and O–H groups in total. The van der Waals surface area contributed by atoms with Gasteiger partial charge in [0.25, 0.3) is 10.0 Å². The van der Waals surface area contributed by atoms with E-state index in [1.165, 1.54) is 16.7 Å². The van der Waals surface area contributed by atoms with Gasteiger partial charge in [-0.15, -0.1) is 0 Å². The molecule has 1 aromatic heterocycles. The van der Waals surface area contributed by atoms with Gasteiger partial charge >= 0.3 is 0 Å². The highest BCUT2D eigenvalue weighted by Gasteiger charge is 2.41. The number of ether oxygens (including phenoxy) is 1. The van der Waals surface area contributed by atoms with Crippen molar-refractivity contribution < 1.29 is 13.2 Å². The molecule has 1 aliphatic carbocycles. The Morgan fingerprint density at radius 1 is 0.953 bits per heavy atom. The minimum Gasteiger partial charge on any atom is -0.469 e. The Bertz CT molecular complexity index is 1790. The van der Waals surface area contributed by atoms with Crippen LogP contribution < -0.4 is 9.46 Å². The molecule has 1 unspecified atom stereocenters. The fourth-order valence-electron chi connectivity index (χ4n) is 6.80. The van der Waals surface area contributed by atoms with Crippen LogP contribution in [-0.4, -0.2) is 18.4 Å². The van der Waals surface area contributed by atoms with Crippen molar-refractivity contribution in [3.05, 3.63) is 100 Å². The van der Waals surface area contributed by atoms with Crippen molar-refractivity contribution in [2.45, 2.75) is 83.6 Å². The predicted octanol–water partition coefficient (Wildman–Crippen LogP) is 8.29. The van der Waals surface area contributed by atoms with Gasteiger partial charge < -0.3 is 4.74 Å². The van der Waals surface area contributed by atoms with E-state index in [9.17, 15) is 8.42 Å². The van der Waals surface area contributed by atoms with Crippen LogP contribution in [0, 0.1) is 25.7 Å². The molecule has 6 nitrogen and oxygen atoms in total. The van der Waals surface area contributed by atoms with E-state index in [1.54, 1.807) is 6.07 Å². The third-order valence-electron chi connectivity index (χ3n) is 8.91. The summed E-state index contributed by atoms with van der Waals surface area (Å²) in [5, 5.41) is 0. The van der Waals surface area contributed by atoms with Crippen LogP contribution in [0.15, 0.2) is 71.6 Å². The maximum Gasteiger partial charge on any atom is 0.264 e. The highest BCUT2D eigenvalue weighted by atomic mass is 32.2. The first-order chi connectivity index (χ1) is 20.3. The van der Waals surface area contributed by atoms with Gasteiger partial charge in [-0.3, -0.25) is 0 Å². The molecule has 0 spiro atoms. The van der Waals surface area contributed by atoms with E-state index in [4.69, 9.17) is 9.72 Å². The number of nitrogens with zero attached hydrogens (tertiary/aromatic N) is 2. The van der Waals surface area contributed by atoms with Crippen molar-refractivity contribution in [2.75, 3.05) is 4.72 Å². The largest absolute Gasteiger partial charge is 0.469 e. The third-order valence-corrected chi connectivity index (χ3v) is 10.2. The van der Waals surface area contributed by atoms with Gasteiger partial charge in [-0.05, 0) is 89.5 Å². The number of nitrogens with one attached hydrogen (secondary N) is 1. The van der Waals surface area contributed by atoms with Gasteiger partial charge in [-0.2, -0.15) is 4.98 Å². The third kappa shape index (κ3) is 5.67. The fourth-order valence-corrected chi connectivity index (χ4v) is 7.80. The minimum atomic E-state index is -3.95. The summed E-state index contributed by atoms with van der Waals surface area (Å²) in [5.74, 6) is 0.961. The normalized spacial score (nSPS) is 20.7. The lowest BCUT2D eigenvalue weighted by Crippen LogP contribution is -2.33. The van der Waals surface area contributed by atoms with Crippen LogP contribution in [0.4, 0.5) is 5.95 Å². The Labute approximate surface area is 256 Å². The van der Waals surface area contributed by atoms with Crippen molar-refractivity contribution >= 4 is 16.0 Å². The van der Waals surface area contributed by atoms with Crippen LogP contribution in [0.25, 0.3) is 11.3 Å². The van der Waals surface area contributed by atoms with Crippen molar-refractivity contribution in [1.29, 1.82) is 0 Å². The number of rotatable bonds is 3. The molecule has 7 heteroatoms. The first kappa shape index (κ1) is 29.4. The number of sulfonamides is 1. The molecule has 6 bridgehead atoms. The Balaban J connectivity index is 1.62. The molecule has 0 fully saturated rings. The molecule has 0 saturated carbocycles. The monoisotopic (exact) mass is 595 g/mol. The molecule has 3 atom stereocenters. The van der Waals surface area contributed by atoms with Gasteiger partial charge in [-0.1, -0.05) is 83.1 Å². The van der Waals surface area contributed by atoms with E-state index in [0.717, 1.165) is 35.1 Å². The smallest absolute Gasteiger partial charge is 0.264 e. The molecule has 2 aliphatic rings. The van der Waals surface area contributed by atoms with Crippen molar-refractivity contribution in [2.24, 2.45) is 11.8 Å². The number of hydrogen-bond acceptors (Lipinski definition) is 5. The lowest BCUT2D eigenvalue weighted by atomic mass is 9.67. The molecule has 0 saturated heterocycles. The lowest BCUT2D eigenvalue weighted by Gasteiger charge is -2.41. The lowest BCUT2D eigenvalue weighted by molar-refractivity contribution is 0.0853. The van der Waals surface area contributed by atoms with Crippen LogP contribution in [-0.2, 0) is 21.9 Å². The summed E-state index contributed by atoms with van der Waals surface area (Å²) < 4.78 is 37.1. The number of aromatic nitrogens is 2. The molecule has 1 aliphatic heterocycles. The molecule has 0 radical (unpaired) electrons. The Morgan fingerprint density at radius 2 is 1.67 bits per heavy atom. The van der Waals surface area contributed by atoms with Gasteiger partial charge in [-0.25, -0.2) is 18.1 Å². The van der Waals surface area contributed by atoms with Gasteiger partial charge in [0.1, 0.15) is 6.10 Å². The first-order valence-electron chi connectivity index (χ1n) is 15.2. The summed E-state index contributed by atoms with van der Waals surface area (Å²) in [6, 6.07) is 22.1. The molecule has 43 heavy (non-hydrogen) atoms. The van der Waals surface area contributed by atoms with E-state index in [1.807, 2.05) is 50.2 Å². The van der Waals surface area contributed by atoms with Crippen LogP contribution in [0.5, 0.6) is 5.88 Å². The average molecular weight is 596 g/mol. The first-order valence-corrected chi connectivity index (χ1v) is 16.7. The summed E-state index contributed by atoms with van der Waals surface area (Å²) in [4.78, 5) is 9.57. The van der Waals surface area contributed by atoms with Crippen LogP contribution in [0.1, 0.15) is 86.4 Å². The SMILES string of the molecule is Cc1cccc(C)c1-c1cc2nc(n1)NS(=O)(=O)c1cccc(c1)C1Cc3cc(C(C)(C)C)ccc3[C@H](O2)[C@H]1CC(C)C. The fraction of sp³-hybridized carbons (Fsp3) is 0.389. The van der Waals surface area contributed by atoms with E-state index in [2.05, 4.69) is 68.6 Å². The van der Waals surface area contributed by atoms with Crippen LogP contribution in [0.2, 0.25) is 0 Å². The second-order valence-corrected chi connectivity index (χ2v) is 15.3. The van der Waals surface area contributed by atoms with E-state index in [0.29, 0.717) is 17.5 Å². The summed E-state index contributed by atoms with van der Waals surface area (Å²) >= 11 is 0. The molecule has 6 rings (SSSR count). The zero-order valence-corrected chi connectivity index (χ0v) is 26.9. The van der Waals surface area contributed by atoms with Gasteiger partial charge in [0, 0.05) is 17.5 Å². The molecule has 4 aromatic rings. The summed E-state index contributed by atoms with van der Waals surface area (Å²) in [7, 11) is -3.95. The zero-order valence-electron chi connectivity index (χ0n) is 26.1. The van der Waals surface area contributed by atoms with Crippen molar-refractivity contribution in [1.82, 2.24) is 9.97 Å². The molecular weight excluding hydrogens is 554 g/mol. The predicted molar refractivity (Wildman–Crippen MR) is 172 cm³/mol. The number of anilines is 1. The molecular formula is C36H41N3O3S. The van der Waals surface area contributed by atoms with Crippen LogP contribution in [0.3, 0.4) is 0 Å². The van der Waals surface area contributed by atoms with Crippen molar-refractivity contribution in [3.8, 4) is 17.1 Å². The number of benzene rings is 3. The van der Waals surface area contributed by atoms with Crippen LogP contribution >= 0.6 is 0 Å². The summed E-state index contributed by atoms with van der Waals surface area (Å²) in [5.41, 5.74) is 8.36. The maximum atomic E-state index is 13.7. The summed E-state index contributed by atoms with van der Waals surface area (Å²) in [6.45, 7) is 15.2. The number of hydrogen-bond donors (Lipinski definition) is 1. The highest BCUT2D eigenvalue weighted by Crippen LogP contribution is 2.49. The molecule has 3 aromatic carbocycles. The number of aryl methyl sites for hydroxylation is 2. The summed E-state index contributed by atoms with van der Waals surface area (Å²) in [6.07, 6.45) is 1.47.